The molecule has 4 nitrogen and oxygen atoms in total. The molecule has 0 bridgehead atoms. The van der Waals surface area contributed by atoms with E-state index in [1.54, 1.807) is 18.4 Å². The Hall–Kier alpha value is -2.14. The molecule has 0 aliphatic carbocycles. The number of rotatable bonds is 6. The van der Waals surface area contributed by atoms with Crippen LogP contribution < -0.4 is 5.32 Å². The molecule has 1 heterocycles. The summed E-state index contributed by atoms with van der Waals surface area (Å²) in [7, 11) is 1.63. The molecule has 23 heavy (non-hydrogen) atoms. The van der Waals surface area contributed by atoms with Crippen LogP contribution in [0.2, 0.25) is 0 Å². The molecule has 5 heteroatoms. The minimum atomic E-state index is -0.142. The second kappa shape index (κ2) is 7.92. The number of nitrogens with one attached hydrogen (secondary N) is 1. The van der Waals surface area contributed by atoms with Crippen molar-refractivity contribution in [3.8, 4) is 0 Å². The van der Waals surface area contributed by atoms with Crippen molar-refractivity contribution < 1.29 is 9.59 Å². The van der Waals surface area contributed by atoms with Crippen LogP contribution in [0, 0.1) is 6.92 Å². The van der Waals surface area contributed by atoms with E-state index in [4.69, 9.17) is 0 Å². The standard InChI is InChI=1S/C18H22N2O2S/c1-13-9-10-23-18(13)16(11-15-7-5-4-6-8-15)19-17(22)12-20(3)14(2)21/h4-10,16H,11-12H2,1-3H3,(H,19,22)/t16-/m1/s1. The Bertz CT molecular complexity index is 667. The molecule has 0 aliphatic heterocycles. The highest BCUT2D eigenvalue weighted by atomic mass is 32.1. The zero-order chi connectivity index (χ0) is 16.8. The topological polar surface area (TPSA) is 49.4 Å². The Labute approximate surface area is 141 Å². The van der Waals surface area contributed by atoms with Gasteiger partial charge in [-0.1, -0.05) is 30.3 Å². The average molecular weight is 330 g/mol. The summed E-state index contributed by atoms with van der Waals surface area (Å²) in [5, 5.41) is 5.11. The first-order valence-electron chi connectivity index (χ1n) is 7.56. The molecule has 1 aromatic carbocycles. The van der Waals surface area contributed by atoms with Crippen molar-refractivity contribution in [3.63, 3.8) is 0 Å². The fraction of sp³-hybridized carbons (Fsp3) is 0.333. The van der Waals surface area contributed by atoms with Crippen molar-refractivity contribution in [1.29, 1.82) is 0 Å². The first-order chi connectivity index (χ1) is 11.0. The van der Waals surface area contributed by atoms with Crippen LogP contribution >= 0.6 is 11.3 Å². The Morgan fingerprint density at radius 3 is 2.48 bits per heavy atom. The van der Waals surface area contributed by atoms with Crippen molar-refractivity contribution in [3.05, 3.63) is 57.8 Å². The van der Waals surface area contributed by atoms with Crippen molar-refractivity contribution >= 4 is 23.2 Å². The van der Waals surface area contributed by atoms with Gasteiger partial charge in [0.25, 0.3) is 0 Å². The summed E-state index contributed by atoms with van der Waals surface area (Å²) in [4.78, 5) is 26.1. The van der Waals surface area contributed by atoms with Gasteiger partial charge >= 0.3 is 0 Å². The summed E-state index contributed by atoms with van der Waals surface area (Å²) in [5.41, 5.74) is 2.35. The van der Waals surface area contributed by atoms with E-state index in [2.05, 4.69) is 30.4 Å². The van der Waals surface area contributed by atoms with Gasteiger partial charge in [0.2, 0.25) is 11.8 Å². The highest BCUT2D eigenvalue weighted by molar-refractivity contribution is 7.10. The highest BCUT2D eigenvalue weighted by Crippen LogP contribution is 2.26. The van der Waals surface area contributed by atoms with Crippen molar-refractivity contribution in [1.82, 2.24) is 10.2 Å². The molecule has 0 spiro atoms. The van der Waals surface area contributed by atoms with Crippen LogP contribution in [0.5, 0.6) is 0 Å². The minimum absolute atomic E-state index is 0.0745. The molecule has 2 aromatic rings. The molecule has 0 radical (unpaired) electrons. The lowest BCUT2D eigenvalue weighted by Gasteiger charge is -2.21. The summed E-state index contributed by atoms with van der Waals surface area (Å²) in [6.07, 6.45) is 0.734. The fourth-order valence-corrected chi connectivity index (χ4v) is 3.35. The minimum Gasteiger partial charge on any atom is -0.347 e. The number of thiophene rings is 1. The molecular weight excluding hydrogens is 308 g/mol. The Morgan fingerprint density at radius 1 is 1.22 bits per heavy atom. The van der Waals surface area contributed by atoms with E-state index in [0.29, 0.717) is 0 Å². The van der Waals surface area contributed by atoms with Crippen molar-refractivity contribution in [2.45, 2.75) is 26.3 Å². The van der Waals surface area contributed by atoms with Crippen molar-refractivity contribution in [2.75, 3.05) is 13.6 Å². The third kappa shape index (κ3) is 4.93. The lowest BCUT2D eigenvalue weighted by atomic mass is 10.0. The second-order valence-electron chi connectivity index (χ2n) is 5.65. The van der Waals surface area contributed by atoms with Gasteiger partial charge in [0.1, 0.15) is 0 Å². The number of nitrogens with zero attached hydrogens (tertiary/aromatic N) is 1. The lowest BCUT2D eigenvalue weighted by Crippen LogP contribution is -2.39. The summed E-state index contributed by atoms with van der Waals surface area (Å²) in [5.74, 6) is -0.261. The van der Waals surface area contributed by atoms with Crippen LogP contribution in [0.15, 0.2) is 41.8 Å². The third-order valence-corrected chi connectivity index (χ3v) is 4.89. The van der Waals surface area contributed by atoms with Gasteiger partial charge in [-0.15, -0.1) is 11.3 Å². The van der Waals surface area contributed by atoms with Gasteiger partial charge in [-0.05, 0) is 35.9 Å². The third-order valence-electron chi connectivity index (χ3n) is 3.75. The Balaban J connectivity index is 2.13. The number of likely N-dealkylation sites (N-methyl/N-ethyl adjacent to an activating group) is 1. The van der Waals surface area contributed by atoms with Crippen LogP contribution in [0.3, 0.4) is 0 Å². The van der Waals surface area contributed by atoms with E-state index >= 15 is 0 Å². The van der Waals surface area contributed by atoms with Crippen LogP contribution in [-0.4, -0.2) is 30.3 Å². The first kappa shape index (κ1) is 17.2. The SMILES string of the molecule is CC(=O)N(C)CC(=O)N[C@H](Cc1ccccc1)c1sccc1C. The van der Waals surface area contributed by atoms with E-state index in [0.717, 1.165) is 11.3 Å². The maximum Gasteiger partial charge on any atom is 0.240 e. The maximum atomic E-state index is 12.3. The average Bonchev–Trinajstić information content (AvgIpc) is 2.93. The number of aryl methyl sites for hydroxylation is 1. The molecule has 1 aromatic heterocycles. The molecule has 122 valence electrons. The number of benzene rings is 1. The molecule has 0 fully saturated rings. The monoisotopic (exact) mass is 330 g/mol. The zero-order valence-corrected chi connectivity index (χ0v) is 14.5. The van der Waals surface area contributed by atoms with Gasteiger partial charge in [0, 0.05) is 18.8 Å². The first-order valence-corrected chi connectivity index (χ1v) is 8.44. The van der Waals surface area contributed by atoms with E-state index in [-0.39, 0.29) is 24.4 Å². The van der Waals surface area contributed by atoms with E-state index in [1.807, 2.05) is 23.6 Å². The molecule has 0 unspecified atom stereocenters. The van der Waals surface area contributed by atoms with Gasteiger partial charge in [-0.2, -0.15) is 0 Å². The van der Waals surface area contributed by atoms with Crippen molar-refractivity contribution in [2.24, 2.45) is 0 Å². The molecular formula is C18H22N2O2S. The second-order valence-corrected chi connectivity index (χ2v) is 6.60. The zero-order valence-electron chi connectivity index (χ0n) is 13.7. The predicted molar refractivity (Wildman–Crippen MR) is 93.4 cm³/mol. The number of amides is 2. The largest absolute Gasteiger partial charge is 0.347 e. The molecule has 1 atom stereocenters. The smallest absolute Gasteiger partial charge is 0.240 e. The van der Waals surface area contributed by atoms with Crippen LogP contribution in [0.1, 0.15) is 29.0 Å². The Morgan fingerprint density at radius 2 is 1.91 bits per heavy atom. The van der Waals surface area contributed by atoms with Gasteiger partial charge in [0.05, 0.1) is 12.6 Å². The van der Waals surface area contributed by atoms with E-state index in [9.17, 15) is 9.59 Å². The predicted octanol–water partition coefficient (Wildman–Crippen LogP) is 2.93. The normalized spacial score (nSPS) is 11.8. The number of hydrogen-bond donors (Lipinski definition) is 1. The number of hydrogen-bond acceptors (Lipinski definition) is 3. The van der Waals surface area contributed by atoms with E-state index < -0.39 is 0 Å². The molecule has 2 amide bonds. The summed E-state index contributed by atoms with van der Waals surface area (Å²) >= 11 is 1.65. The number of carbonyl (C=O) groups excluding carboxylic acids is 2. The Kier molecular flexibility index (Phi) is 5.93. The molecule has 0 aliphatic rings. The molecule has 2 rings (SSSR count). The van der Waals surface area contributed by atoms with Gasteiger partial charge in [0.15, 0.2) is 0 Å². The van der Waals surface area contributed by atoms with Crippen LogP contribution in [0.25, 0.3) is 0 Å². The van der Waals surface area contributed by atoms with Crippen LogP contribution in [-0.2, 0) is 16.0 Å². The highest BCUT2D eigenvalue weighted by Gasteiger charge is 2.19. The summed E-state index contributed by atoms with van der Waals surface area (Å²) < 4.78 is 0. The fourth-order valence-electron chi connectivity index (χ4n) is 2.37. The van der Waals surface area contributed by atoms with Crippen LogP contribution in [0.4, 0.5) is 0 Å². The number of carbonyl (C=O) groups is 2. The quantitative estimate of drug-likeness (QED) is 0.885. The molecule has 0 saturated carbocycles. The van der Waals surface area contributed by atoms with Gasteiger partial charge in [-0.3, -0.25) is 9.59 Å². The lowest BCUT2D eigenvalue weighted by molar-refractivity contribution is -0.133. The van der Waals surface area contributed by atoms with Gasteiger partial charge in [-0.25, -0.2) is 0 Å². The van der Waals surface area contributed by atoms with Gasteiger partial charge < -0.3 is 10.2 Å². The summed E-state index contributed by atoms with van der Waals surface area (Å²) in [6.45, 7) is 3.58. The van der Waals surface area contributed by atoms with E-state index in [1.165, 1.54) is 23.0 Å². The maximum absolute atomic E-state index is 12.3. The molecule has 0 saturated heterocycles. The summed E-state index contributed by atoms with van der Waals surface area (Å²) in [6, 6.07) is 12.1. The molecule has 1 N–H and O–H groups in total.